The Balaban J connectivity index is 1.91. The van der Waals surface area contributed by atoms with E-state index in [-0.39, 0.29) is 22.0 Å². The molecule has 0 aliphatic rings. The van der Waals surface area contributed by atoms with E-state index in [2.05, 4.69) is 5.32 Å². The summed E-state index contributed by atoms with van der Waals surface area (Å²) in [6, 6.07) is 17.7. The Morgan fingerprint density at radius 1 is 1.15 bits per heavy atom. The second-order valence-corrected chi connectivity index (χ2v) is 10.2. The first-order chi connectivity index (χ1) is 16.1. The van der Waals surface area contributed by atoms with Crippen LogP contribution in [-0.2, 0) is 14.9 Å². The number of aryl methyl sites for hydroxylation is 1. The van der Waals surface area contributed by atoms with Crippen LogP contribution in [0.3, 0.4) is 0 Å². The molecule has 34 heavy (non-hydrogen) atoms. The fraction of sp³-hybridized carbons (Fsp3) is 0.0833. The SMILES string of the molecule is COc1cc(/C=C(\C#N)C(=O)Nc2cccc(Cl)c2)cc(I)c1OS(=O)(=O)c1ccc(C)cc1. The minimum absolute atomic E-state index is 0.00251. The van der Waals surface area contributed by atoms with E-state index >= 15 is 0 Å². The van der Waals surface area contributed by atoms with Gasteiger partial charge in [-0.05, 0) is 83.6 Å². The van der Waals surface area contributed by atoms with Gasteiger partial charge in [0.25, 0.3) is 5.91 Å². The monoisotopic (exact) mass is 608 g/mol. The minimum atomic E-state index is -4.10. The number of carbonyl (C=O) groups excluding carboxylic acids is 1. The first-order valence-corrected chi connectivity index (χ1v) is 12.6. The van der Waals surface area contributed by atoms with Crippen LogP contribution >= 0.6 is 34.2 Å². The summed E-state index contributed by atoms with van der Waals surface area (Å²) in [4.78, 5) is 12.6. The van der Waals surface area contributed by atoms with E-state index in [0.717, 1.165) is 5.56 Å². The van der Waals surface area contributed by atoms with Crippen molar-refractivity contribution in [2.45, 2.75) is 11.8 Å². The van der Waals surface area contributed by atoms with Crippen molar-refractivity contribution in [3.05, 3.63) is 86.0 Å². The summed E-state index contributed by atoms with van der Waals surface area (Å²) in [5.74, 6) is -0.495. The Morgan fingerprint density at radius 2 is 1.85 bits per heavy atom. The topological polar surface area (TPSA) is 105 Å². The standard InChI is InChI=1S/C24H18ClIN2O5S/c1-15-6-8-20(9-7-15)34(30,31)33-23-21(26)11-16(12-22(23)32-2)10-17(14-27)24(29)28-19-5-3-4-18(25)13-19/h3-13H,1-2H3,(H,28,29)/b17-10+. The third-order valence-electron chi connectivity index (χ3n) is 4.51. The number of methoxy groups -OCH3 is 1. The van der Waals surface area contributed by atoms with Crippen molar-refractivity contribution in [3.63, 3.8) is 0 Å². The Bertz CT molecular complexity index is 1410. The maximum atomic E-state index is 12.7. The Labute approximate surface area is 216 Å². The number of hydrogen-bond donors (Lipinski definition) is 1. The lowest BCUT2D eigenvalue weighted by molar-refractivity contribution is -0.112. The number of anilines is 1. The molecule has 0 saturated carbocycles. The zero-order chi connectivity index (χ0) is 24.9. The molecule has 0 unspecified atom stereocenters. The first-order valence-electron chi connectivity index (χ1n) is 9.70. The van der Waals surface area contributed by atoms with Gasteiger partial charge in [-0.25, -0.2) is 0 Å². The van der Waals surface area contributed by atoms with Crippen LogP contribution in [0.2, 0.25) is 5.02 Å². The molecule has 0 radical (unpaired) electrons. The molecule has 0 fully saturated rings. The number of hydrogen-bond acceptors (Lipinski definition) is 6. The number of halogens is 2. The third kappa shape index (κ3) is 6.28. The van der Waals surface area contributed by atoms with E-state index in [4.69, 9.17) is 20.5 Å². The van der Waals surface area contributed by atoms with Crippen molar-refractivity contribution in [1.29, 1.82) is 5.26 Å². The van der Waals surface area contributed by atoms with Crippen molar-refractivity contribution in [2.24, 2.45) is 0 Å². The molecule has 0 aliphatic heterocycles. The van der Waals surface area contributed by atoms with E-state index in [1.807, 2.05) is 35.6 Å². The average Bonchev–Trinajstić information content (AvgIpc) is 2.79. The highest BCUT2D eigenvalue weighted by molar-refractivity contribution is 14.1. The zero-order valence-corrected chi connectivity index (χ0v) is 21.7. The minimum Gasteiger partial charge on any atom is -0.493 e. The predicted octanol–water partition coefficient (Wildman–Crippen LogP) is 5.58. The molecular weight excluding hydrogens is 591 g/mol. The summed E-state index contributed by atoms with van der Waals surface area (Å²) in [5, 5.41) is 12.5. The van der Waals surface area contributed by atoms with E-state index in [1.165, 1.54) is 31.4 Å². The lowest BCUT2D eigenvalue weighted by atomic mass is 10.1. The summed E-state index contributed by atoms with van der Waals surface area (Å²) >= 11 is 7.83. The van der Waals surface area contributed by atoms with Gasteiger partial charge in [-0.3, -0.25) is 4.79 Å². The van der Waals surface area contributed by atoms with Gasteiger partial charge < -0.3 is 14.2 Å². The van der Waals surface area contributed by atoms with Gasteiger partial charge in [0.1, 0.15) is 16.5 Å². The van der Waals surface area contributed by atoms with Crippen molar-refractivity contribution in [2.75, 3.05) is 12.4 Å². The smallest absolute Gasteiger partial charge is 0.339 e. The molecule has 0 saturated heterocycles. The van der Waals surface area contributed by atoms with Gasteiger partial charge in [-0.15, -0.1) is 0 Å². The largest absolute Gasteiger partial charge is 0.493 e. The number of amides is 1. The highest BCUT2D eigenvalue weighted by Gasteiger charge is 2.22. The number of ether oxygens (including phenoxy) is 1. The highest BCUT2D eigenvalue weighted by Crippen LogP contribution is 2.36. The normalized spacial score (nSPS) is 11.4. The second kappa shape index (κ2) is 10.9. The van der Waals surface area contributed by atoms with E-state index < -0.39 is 16.0 Å². The molecule has 0 bridgehead atoms. The maximum absolute atomic E-state index is 12.7. The molecule has 10 heteroatoms. The molecule has 7 nitrogen and oxygen atoms in total. The van der Waals surface area contributed by atoms with Gasteiger partial charge in [0.05, 0.1) is 10.7 Å². The van der Waals surface area contributed by atoms with Crippen molar-refractivity contribution in [3.8, 4) is 17.6 Å². The predicted molar refractivity (Wildman–Crippen MR) is 138 cm³/mol. The van der Waals surface area contributed by atoms with Crippen LogP contribution in [0.4, 0.5) is 5.69 Å². The van der Waals surface area contributed by atoms with Crippen molar-refractivity contribution in [1.82, 2.24) is 0 Å². The Morgan fingerprint density at radius 3 is 2.47 bits per heavy atom. The van der Waals surface area contributed by atoms with Gasteiger partial charge in [0, 0.05) is 10.7 Å². The van der Waals surface area contributed by atoms with Crippen LogP contribution in [-0.4, -0.2) is 21.4 Å². The number of nitrogens with one attached hydrogen (secondary N) is 1. The van der Waals surface area contributed by atoms with Gasteiger partial charge in [-0.2, -0.15) is 13.7 Å². The summed E-state index contributed by atoms with van der Waals surface area (Å²) < 4.78 is 36.6. The molecule has 0 heterocycles. The number of nitrogens with zero attached hydrogens (tertiary/aromatic N) is 1. The molecule has 0 aromatic heterocycles. The Hall–Kier alpha value is -3.07. The van der Waals surface area contributed by atoms with Crippen LogP contribution in [0.15, 0.2) is 71.1 Å². The van der Waals surface area contributed by atoms with Crippen molar-refractivity contribution >= 4 is 62.0 Å². The molecule has 0 atom stereocenters. The van der Waals surface area contributed by atoms with Gasteiger partial charge in [0.15, 0.2) is 11.5 Å². The summed E-state index contributed by atoms with van der Waals surface area (Å²) in [7, 11) is -2.74. The van der Waals surface area contributed by atoms with E-state index in [1.54, 1.807) is 42.5 Å². The molecule has 3 aromatic carbocycles. The average molecular weight is 609 g/mol. The number of rotatable bonds is 7. The molecule has 0 aliphatic carbocycles. The second-order valence-electron chi connectivity index (χ2n) is 7.02. The maximum Gasteiger partial charge on any atom is 0.339 e. The van der Waals surface area contributed by atoms with Crippen LogP contribution < -0.4 is 14.2 Å². The summed E-state index contributed by atoms with van der Waals surface area (Å²) in [6.45, 7) is 1.85. The molecular formula is C24H18ClIN2O5S. The quantitative estimate of drug-likeness (QED) is 0.163. The van der Waals surface area contributed by atoms with Crippen LogP contribution in [0.25, 0.3) is 6.08 Å². The number of nitriles is 1. The third-order valence-corrected chi connectivity index (χ3v) is 6.79. The van der Waals surface area contributed by atoms with Crippen molar-refractivity contribution < 1.29 is 22.1 Å². The molecule has 174 valence electrons. The number of carbonyl (C=O) groups is 1. The van der Waals surface area contributed by atoms with Gasteiger partial charge >= 0.3 is 10.1 Å². The van der Waals surface area contributed by atoms with Gasteiger partial charge in [0.2, 0.25) is 0 Å². The summed E-state index contributed by atoms with van der Waals surface area (Å²) in [6.07, 6.45) is 1.36. The number of benzene rings is 3. The summed E-state index contributed by atoms with van der Waals surface area (Å²) in [5.41, 5.74) is 1.63. The lowest BCUT2D eigenvalue weighted by Gasteiger charge is -2.14. The lowest BCUT2D eigenvalue weighted by Crippen LogP contribution is -2.13. The van der Waals surface area contributed by atoms with E-state index in [0.29, 0.717) is 19.8 Å². The Kier molecular flexibility index (Phi) is 8.19. The van der Waals surface area contributed by atoms with Gasteiger partial charge in [-0.1, -0.05) is 35.4 Å². The zero-order valence-electron chi connectivity index (χ0n) is 18.0. The molecule has 1 N–H and O–H groups in total. The molecule has 0 spiro atoms. The molecule has 1 amide bonds. The first kappa shape index (κ1) is 25.6. The van der Waals surface area contributed by atoms with Crippen LogP contribution in [0.1, 0.15) is 11.1 Å². The fourth-order valence-corrected chi connectivity index (χ4v) is 4.88. The molecule has 3 aromatic rings. The van der Waals surface area contributed by atoms with E-state index in [9.17, 15) is 18.5 Å². The highest BCUT2D eigenvalue weighted by atomic mass is 127. The van der Waals surface area contributed by atoms with Crippen LogP contribution in [0.5, 0.6) is 11.5 Å². The van der Waals surface area contributed by atoms with Crippen LogP contribution in [0, 0.1) is 21.8 Å². The molecule has 3 rings (SSSR count). The fourth-order valence-electron chi connectivity index (χ4n) is 2.85.